The molecule has 292 valence electrons. The Morgan fingerprint density at radius 2 is 1.00 bits per heavy atom. The highest BCUT2D eigenvalue weighted by Crippen LogP contribution is 2.65. The third-order valence-corrected chi connectivity index (χ3v) is 7.73. The minimum Gasteiger partial charge on any atom is -0.504 e. The summed E-state index contributed by atoms with van der Waals surface area (Å²) < 4.78 is 233. The predicted molar refractivity (Wildman–Crippen MR) is 149 cm³/mol. The number of phenols is 1. The molecule has 0 atom stereocenters. The molecule has 5 nitrogen and oxygen atoms in total. The van der Waals surface area contributed by atoms with Crippen LogP contribution in [-0.2, 0) is 11.3 Å². The van der Waals surface area contributed by atoms with Crippen LogP contribution in [0, 0.1) is 5.41 Å². The van der Waals surface area contributed by atoms with Gasteiger partial charge in [0.1, 0.15) is 5.69 Å². The van der Waals surface area contributed by atoms with Gasteiger partial charge in [-0.05, 0) is 47.1 Å². The molecule has 52 heavy (non-hydrogen) atoms. The molecule has 0 spiro atoms. The molecular weight excluding hydrogens is 755 g/mol. The number of halogens is 17. The number of rotatable bonds is 12. The van der Waals surface area contributed by atoms with Crippen LogP contribution >= 0.6 is 0 Å². The average Bonchev–Trinajstić information content (AvgIpc) is 3.51. The molecule has 2 N–H and O–H groups in total. The maximum Gasteiger partial charge on any atom is 0.460 e. The van der Waals surface area contributed by atoms with Gasteiger partial charge in [-0.2, -0.15) is 84.8 Å². The Morgan fingerprint density at radius 3 is 1.42 bits per heavy atom. The lowest BCUT2D eigenvalue weighted by Gasteiger charge is -2.42. The standard InChI is InChI=1S/C30H27F17N4O/c1-21(2,3)14-22(4,5)16-12-18(20(52)19(13-16)51-48-10-11-49-51)50-17-8-6-15(7-9-17)23(31,32)24(33,34)25(35,36)26(37,38)27(39,40)28(41,42)29(43,44)30(45,46)47/h6-13,50,52H,14H2,1-5H3. The molecule has 0 aliphatic rings. The van der Waals surface area contributed by atoms with Crippen molar-refractivity contribution in [2.24, 2.45) is 5.41 Å². The summed E-state index contributed by atoms with van der Waals surface area (Å²) in [5, 5.41) is 21.3. The quantitative estimate of drug-likeness (QED) is 0.142. The number of nitrogens with one attached hydrogen (secondary N) is 1. The van der Waals surface area contributed by atoms with E-state index in [1.54, 1.807) is 0 Å². The van der Waals surface area contributed by atoms with Gasteiger partial charge in [-0.25, -0.2) is 0 Å². The monoisotopic (exact) mass is 782 g/mol. The van der Waals surface area contributed by atoms with E-state index in [2.05, 4.69) is 15.5 Å². The van der Waals surface area contributed by atoms with Crippen molar-refractivity contribution < 1.29 is 79.7 Å². The lowest BCUT2D eigenvalue weighted by molar-refractivity contribution is -0.462. The summed E-state index contributed by atoms with van der Waals surface area (Å²) in [6, 6.07) is 3.44. The Morgan fingerprint density at radius 1 is 0.577 bits per heavy atom. The first kappa shape index (κ1) is 42.4. The van der Waals surface area contributed by atoms with Crippen molar-refractivity contribution in [1.82, 2.24) is 15.0 Å². The van der Waals surface area contributed by atoms with E-state index in [9.17, 15) is 79.7 Å². The van der Waals surface area contributed by atoms with Crippen molar-refractivity contribution in [2.75, 3.05) is 5.32 Å². The van der Waals surface area contributed by atoms with E-state index in [-0.39, 0.29) is 28.9 Å². The molecule has 3 rings (SSSR count). The summed E-state index contributed by atoms with van der Waals surface area (Å²) in [6.45, 7) is 9.42. The molecular formula is C30H27F17N4O. The number of benzene rings is 2. The van der Waals surface area contributed by atoms with Crippen molar-refractivity contribution in [2.45, 2.75) is 94.1 Å². The predicted octanol–water partition coefficient (Wildman–Crippen LogP) is 10.9. The third kappa shape index (κ3) is 6.69. The summed E-state index contributed by atoms with van der Waals surface area (Å²) in [4.78, 5) is 0.989. The zero-order chi connectivity index (χ0) is 40.5. The minimum absolute atomic E-state index is 0.0340. The number of alkyl halides is 17. The van der Waals surface area contributed by atoms with Crippen LogP contribution in [0.3, 0.4) is 0 Å². The summed E-state index contributed by atoms with van der Waals surface area (Å²) in [6.07, 6.45) is -4.80. The van der Waals surface area contributed by atoms with Crippen LogP contribution in [0.15, 0.2) is 48.8 Å². The summed E-state index contributed by atoms with van der Waals surface area (Å²) in [5.41, 5.74) is -3.39. The maximum atomic E-state index is 14.8. The number of aromatic nitrogens is 3. The van der Waals surface area contributed by atoms with Crippen molar-refractivity contribution in [3.8, 4) is 11.4 Å². The van der Waals surface area contributed by atoms with E-state index < -0.39 is 70.0 Å². The molecule has 1 heterocycles. The Labute approximate surface area is 282 Å². The Hall–Kier alpha value is -4.01. The number of nitrogens with zero attached hydrogens (tertiary/aromatic N) is 3. The second-order valence-corrected chi connectivity index (χ2v) is 13.6. The lowest BCUT2D eigenvalue weighted by Crippen LogP contribution is -2.74. The molecule has 0 saturated heterocycles. The van der Waals surface area contributed by atoms with Crippen LogP contribution in [-0.4, -0.2) is 61.8 Å². The van der Waals surface area contributed by atoms with Crippen LogP contribution in [0.1, 0.15) is 52.2 Å². The molecule has 0 radical (unpaired) electrons. The Kier molecular flexibility index (Phi) is 10.2. The van der Waals surface area contributed by atoms with Crippen LogP contribution < -0.4 is 5.32 Å². The van der Waals surface area contributed by atoms with Crippen molar-refractivity contribution in [3.63, 3.8) is 0 Å². The third-order valence-electron chi connectivity index (χ3n) is 7.73. The van der Waals surface area contributed by atoms with Crippen LogP contribution in [0.5, 0.6) is 5.75 Å². The van der Waals surface area contributed by atoms with Gasteiger partial charge in [0.05, 0.1) is 18.1 Å². The van der Waals surface area contributed by atoms with Crippen molar-refractivity contribution >= 4 is 11.4 Å². The first-order valence-electron chi connectivity index (χ1n) is 14.3. The highest BCUT2D eigenvalue weighted by atomic mass is 19.4. The zero-order valence-corrected chi connectivity index (χ0v) is 27.0. The van der Waals surface area contributed by atoms with Crippen molar-refractivity contribution in [1.29, 1.82) is 0 Å². The van der Waals surface area contributed by atoms with E-state index in [0.717, 1.165) is 4.80 Å². The average molecular weight is 783 g/mol. The molecule has 0 unspecified atom stereocenters. The topological polar surface area (TPSA) is 63.0 Å². The summed E-state index contributed by atoms with van der Waals surface area (Å²) in [7, 11) is 0. The summed E-state index contributed by atoms with van der Waals surface area (Å²) in [5.74, 6) is -57.8. The van der Waals surface area contributed by atoms with Crippen molar-refractivity contribution in [3.05, 3.63) is 59.9 Å². The van der Waals surface area contributed by atoms with Crippen LogP contribution in [0.4, 0.5) is 86.0 Å². The van der Waals surface area contributed by atoms with E-state index in [4.69, 9.17) is 0 Å². The molecule has 0 aliphatic heterocycles. The molecule has 0 saturated carbocycles. The first-order valence-corrected chi connectivity index (χ1v) is 14.3. The largest absolute Gasteiger partial charge is 0.504 e. The fourth-order valence-electron chi connectivity index (χ4n) is 5.29. The van der Waals surface area contributed by atoms with Crippen LogP contribution in [0.25, 0.3) is 5.69 Å². The second-order valence-electron chi connectivity index (χ2n) is 13.6. The number of phenolic OH excluding ortho intramolecular Hbond substituents is 1. The fourth-order valence-corrected chi connectivity index (χ4v) is 5.29. The molecule has 0 aliphatic carbocycles. The number of hydrogen-bond donors (Lipinski definition) is 2. The first-order chi connectivity index (χ1) is 23.0. The van der Waals surface area contributed by atoms with E-state index in [1.165, 1.54) is 24.5 Å². The summed E-state index contributed by atoms with van der Waals surface area (Å²) >= 11 is 0. The van der Waals surface area contributed by atoms with Gasteiger partial charge in [-0.1, -0.05) is 46.8 Å². The Bertz CT molecular complexity index is 1730. The molecule has 0 fully saturated rings. The van der Waals surface area contributed by atoms with Gasteiger partial charge in [0.25, 0.3) is 0 Å². The highest BCUT2D eigenvalue weighted by Gasteiger charge is 2.95. The number of aromatic hydroxyl groups is 1. The van der Waals surface area contributed by atoms with Gasteiger partial charge in [0.2, 0.25) is 0 Å². The normalized spacial score (nSPS) is 14.9. The van der Waals surface area contributed by atoms with Gasteiger partial charge in [0.15, 0.2) is 5.75 Å². The molecule has 22 heteroatoms. The lowest BCUT2D eigenvalue weighted by atomic mass is 9.72. The van der Waals surface area contributed by atoms with E-state index >= 15 is 0 Å². The minimum atomic E-state index is -8.71. The second kappa shape index (κ2) is 12.6. The van der Waals surface area contributed by atoms with Gasteiger partial charge < -0.3 is 10.4 Å². The molecule has 0 amide bonds. The SMILES string of the molecule is CC(C)(C)CC(C)(C)c1cc(Nc2ccc(C(F)(F)C(F)(F)C(F)(F)C(F)(F)C(F)(F)C(F)(F)C(F)(F)C(F)(F)F)cc2)c(O)c(-n2nccn2)c1. The highest BCUT2D eigenvalue weighted by molar-refractivity contribution is 5.73. The van der Waals surface area contributed by atoms with Gasteiger partial charge in [-0.15, -0.1) is 4.80 Å². The fraction of sp³-hybridized carbons (Fsp3) is 0.533. The van der Waals surface area contributed by atoms with Gasteiger partial charge >= 0.3 is 47.6 Å². The van der Waals surface area contributed by atoms with Gasteiger partial charge in [-0.3, -0.25) is 0 Å². The number of anilines is 2. The molecule has 0 bridgehead atoms. The van der Waals surface area contributed by atoms with E-state index in [0.29, 0.717) is 24.1 Å². The zero-order valence-electron chi connectivity index (χ0n) is 27.0. The molecule has 3 aromatic rings. The smallest absolute Gasteiger partial charge is 0.460 e. The number of hydrogen-bond acceptors (Lipinski definition) is 4. The van der Waals surface area contributed by atoms with Crippen LogP contribution in [0.2, 0.25) is 0 Å². The van der Waals surface area contributed by atoms with E-state index in [1.807, 2.05) is 34.6 Å². The Balaban J connectivity index is 2.05. The van der Waals surface area contributed by atoms with Gasteiger partial charge in [0, 0.05) is 11.3 Å². The molecule has 1 aromatic heterocycles. The maximum absolute atomic E-state index is 14.8. The molecule has 2 aromatic carbocycles.